The molecule has 0 saturated carbocycles. The van der Waals surface area contributed by atoms with Crippen LogP contribution in [0.2, 0.25) is 0 Å². The van der Waals surface area contributed by atoms with E-state index >= 15 is 0 Å². The molecule has 1 fully saturated rings. The van der Waals surface area contributed by atoms with Crippen LogP contribution in [-0.2, 0) is 11.2 Å². The van der Waals surface area contributed by atoms with E-state index in [1.54, 1.807) is 0 Å². The van der Waals surface area contributed by atoms with Crippen molar-refractivity contribution in [1.29, 1.82) is 0 Å². The van der Waals surface area contributed by atoms with E-state index in [-0.39, 0.29) is 0 Å². The molecular weight excluding hydrogens is 234 g/mol. The molecule has 0 bridgehead atoms. The van der Waals surface area contributed by atoms with Gasteiger partial charge in [0.2, 0.25) is 0 Å². The first-order valence-electron chi connectivity index (χ1n) is 7.67. The highest BCUT2D eigenvalue weighted by Gasteiger charge is 2.30. The Hall–Kier alpha value is -0.860. The number of rotatable bonds is 6. The lowest BCUT2D eigenvalue weighted by molar-refractivity contribution is 0.0365. The lowest BCUT2D eigenvalue weighted by atomic mass is 9.76. The average molecular weight is 261 g/mol. The molecule has 106 valence electrons. The van der Waals surface area contributed by atoms with Crippen molar-refractivity contribution in [3.8, 4) is 0 Å². The maximum absolute atomic E-state index is 5.79. The minimum atomic E-state index is 0.384. The Balaban J connectivity index is 1.96. The second-order valence-electron chi connectivity index (χ2n) is 5.73. The smallest absolute Gasteiger partial charge is 0.0522 e. The van der Waals surface area contributed by atoms with Gasteiger partial charge in [0.1, 0.15) is 0 Å². The Labute approximate surface area is 117 Å². The molecule has 0 amide bonds. The molecule has 0 aromatic heterocycles. The van der Waals surface area contributed by atoms with Gasteiger partial charge in [0, 0.05) is 6.61 Å². The summed E-state index contributed by atoms with van der Waals surface area (Å²) >= 11 is 0. The van der Waals surface area contributed by atoms with Gasteiger partial charge in [0.05, 0.1) is 6.61 Å². The molecule has 0 radical (unpaired) electrons. The zero-order valence-electron chi connectivity index (χ0n) is 12.2. The minimum absolute atomic E-state index is 0.384. The Kier molecular flexibility index (Phi) is 5.87. The minimum Gasteiger partial charge on any atom is -0.381 e. The van der Waals surface area contributed by atoms with E-state index in [2.05, 4.69) is 42.6 Å². The third kappa shape index (κ3) is 4.63. The molecule has 1 saturated heterocycles. The van der Waals surface area contributed by atoms with Crippen molar-refractivity contribution in [2.45, 2.75) is 39.0 Å². The largest absolute Gasteiger partial charge is 0.381 e. The van der Waals surface area contributed by atoms with Gasteiger partial charge in [-0.2, -0.15) is 0 Å². The Morgan fingerprint density at radius 3 is 2.79 bits per heavy atom. The van der Waals surface area contributed by atoms with Crippen molar-refractivity contribution in [2.75, 3.05) is 26.3 Å². The first kappa shape index (κ1) is 14.5. The third-order valence-electron chi connectivity index (χ3n) is 4.29. The molecule has 2 nitrogen and oxygen atoms in total. The van der Waals surface area contributed by atoms with Gasteiger partial charge >= 0.3 is 0 Å². The van der Waals surface area contributed by atoms with E-state index < -0.39 is 0 Å². The van der Waals surface area contributed by atoms with Gasteiger partial charge in [0.15, 0.2) is 0 Å². The lowest BCUT2D eigenvalue weighted by Crippen LogP contribution is -2.29. The van der Waals surface area contributed by atoms with Crippen LogP contribution in [-0.4, -0.2) is 26.3 Å². The summed E-state index contributed by atoms with van der Waals surface area (Å²) in [7, 11) is 0. The molecule has 1 aromatic carbocycles. The number of hydrogen-bond donors (Lipinski definition) is 1. The molecule has 2 rings (SSSR count). The zero-order chi connectivity index (χ0) is 13.4. The molecule has 1 heterocycles. The van der Waals surface area contributed by atoms with Crippen LogP contribution in [0.5, 0.6) is 0 Å². The van der Waals surface area contributed by atoms with Gasteiger partial charge in [-0.25, -0.2) is 0 Å². The number of ether oxygens (including phenoxy) is 1. The highest BCUT2D eigenvalue weighted by molar-refractivity contribution is 5.15. The molecule has 1 atom stereocenters. The van der Waals surface area contributed by atoms with Gasteiger partial charge in [0.25, 0.3) is 0 Å². The van der Waals surface area contributed by atoms with E-state index in [0.717, 1.165) is 19.8 Å². The first-order valence-corrected chi connectivity index (χ1v) is 7.67. The molecule has 0 aliphatic carbocycles. The molecule has 1 unspecified atom stereocenters. The monoisotopic (exact) mass is 261 g/mol. The van der Waals surface area contributed by atoms with Crippen molar-refractivity contribution in [1.82, 2.24) is 5.32 Å². The standard InChI is InChI=1S/C17H27NO/c1-2-19-15-17(10-6-13-18-14-12-17)11-9-16-7-4-3-5-8-16/h3-5,7-8,18H,2,6,9-15H2,1H3. The molecule has 1 aliphatic rings. The second kappa shape index (κ2) is 7.66. The molecule has 1 aliphatic heterocycles. The van der Waals surface area contributed by atoms with E-state index in [1.807, 2.05) is 0 Å². The summed E-state index contributed by atoms with van der Waals surface area (Å²) in [6, 6.07) is 10.8. The molecule has 1 N–H and O–H groups in total. The molecule has 1 aromatic rings. The molecule has 2 heteroatoms. The first-order chi connectivity index (χ1) is 9.35. The van der Waals surface area contributed by atoms with Crippen LogP contribution in [0.1, 0.15) is 38.2 Å². The average Bonchev–Trinajstić information content (AvgIpc) is 2.70. The lowest BCUT2D eigenvalue weighted by Gasteiger charge is -2.32. The van der Waals surface area contributed by atoms with Crippen molar-refractivity contribution in [3.63, 3.8) is 0 Å². The van der Waals surface area contributed by atoms with Gasteiger partial charge in [-0.3, -0.25) is 0 Å². The summed E-state index contributed by atoms with van der Waals surface area (Å²) in [5.41, 5.74) is 1.84. The molecular formula is C17H27NO. The second-order valence-corrected chi connectivity index (χ2v) is 5.73. The number of hydrogen-bond acceptors (Lipinski definition) is 2. The Morgan fingerprint density at radius 2 is 2.00 bits per heavy atom. The number of benzene rings is 1. The highest BCUT2D eigenvalue weighted by atomic mass is 16.5. The quantitative estimate of drug-likeness (QED) is 0.847. The summed E-state index contributed by atoms with van der Waals surface area (Å²) in [6.07, 6.45) is 6.25. The zero-order valence-corrected chi connectivity index (χ0v) is 12.2. The SMILES string of the molecule is CCOCC1(CCc2ccccc2)CCCNCC1. The van der Waals surface area contributed by atoms with Crippen LogP contribution in [0, 0.1) is 5.41 Å². The van der Waals surface area contributed by atoms with Crippen molar-refractivity contribution in [2.24, 2.45) is 5.41 Å². The van der Waals surface area contributed by atoms with Crippen LogP contribution >= 0.6 is 0 Å². The Bertz CT molecular complexity index is 342. The van der Waals surface area contributed by atoms with Gasteiger partial charge in [-0.1, -0.05) is 30.3 Å². The normalized spacial score (nSPS) is 24.1. The van der Waals surface area contributed by atoms with Crippen molar-refractivity contribution >= 4 is 0 Å². The van der Waals surface area contributed by atoms with Crippen LogP contribution in [0.25, 0.3) is 0 Å². The molecule has 19 heavy (non-hydrogen) atoms. The van der Waals surface area contributed by atoms with E-state index in [4.69, 9.17) is 4.74 Å². The summed E-state index contributed by atoms with van der Waals surface area (Å²) in [4.78, 5) is 0. The van der Waals surface area contributed by atoms with E-state index in [9.17, 15) is 0 Å². The Morgan fingerprint density at radius 1 is 1.16 bits per heavy atom. The van der Waals surface area contributed by atoms with Gasteiger partial charge in [-0.15, -0.1) is 0 Å². The predicted octanol–water partition coefficient (Wildman–Crippen LogP) is 3.42. The third-order valence-corrected chi connectivity index (χ3v) is 4.29. The topological polar surface area (TPSA) is 21.3 Å². The summed E-state index contributed by atoms with van der Waals surface area (Å²) in [5, 5.41) is 3.52. The maximum atomic E-state index is 5.79. The van der Waals surface area contributed by atoms with Crippen LogP contribution < -0.4 is 5.32 Å². The molecule has 0 spiro atoms. The van der Waals surface area contributed by atoms with Gasteiger partial charge < -0.3 is 10.1 Å². The summed E-state index contributed by atoms with van der Waals surface area (Å²) < 4.78 is 5.79. The fourth-order valence-electron chi connectivity index (χ4n) is 3.03. The van der Waals surface area contributed by atoms with Gasteiger partial charge in [-0.05, 0) is 63.1 Å². The predicted molar refractivity (Wildman–Crippen MR) is 80.4 cm³/mol. The van der Waals surface area contributed by atoms with Crippen LogP contribution in [0.15, 0.2) is 30.3 Å². The van der Waals surface area contributed by atoms with Crippen molar-refractivity contribution in [3.05, 3.63) is 35.9 Å². The number of nitrogens with one attached hydrogen (secondary N) is 1. The van der Waals surface area contributed by atoms with Crippen LogP contribution in [0.3, 0.4) is 0 Å². The maximum Gasteiger partial charge on any atom is 0.0522 e. The summed E-state index contributed by atoms with van der Waals surface area (Å²) in [5.74, 6) is 0. The highest BCUT2D eigenvalue weighted by Crippen LogP contribution is 2.35. The van der Waals surface area contributed by atoms with Crippen molar-refractivity contribution < 1.29 is 4.74 Å². The van der Waals surface area contributed by atoms with E-state index in [1.165, 1.54) is 44.2 Å². The fourth-order valence-corrected chi connectivity index (χ4v) is 3.03. The van der Waals surface area contributed by atoms with Crippen LogP contribution in [0.4, 0.5) is 0 Å². The fraction of sp³-hybridized carbons (Fsp3) is 0.647. The van der Waals surface area contributed by atoms with E-state index in [0.29, 0.717) is 5.41 Å². The number of aryl methyl sites for hydroxylation is 1. The summed E-state index contributed by atoms with van der Waals surface area (Å²) in [6.45, 7) is 6.17.